The smallest absolute Gasteiger partial charge is 0.0977 e. The summed E-state index contributed by atoms with van der Waals surface area (Å²) in [6.07, 6.45) is 0.959. The highest BCUT2D eigenvalue weighted by Crippen LogP contribution is 2.12. The van der Waals surface area contributed by atoms with Gasteiger partial charge in [-0.1, -0.05) is 6.92 Å². The molecule has 0 saturated carbocycles. The first-order chi connectivity index (χ1) is 3.62. The summed E-state index contributed by atoms with van der Waals surface area (Å²) in [6, 6.07) is 0. The van der Waals surface area contributed by atoms with E-state index in [1.807, 2.05) is 13.8 Å². The first-order valence-corrected chi connectivity index (χ1v) is 2.84. The highest BCUT2D eigenvalue weighted by Gasteiger charge is 2.15. The second kappa shape index (κ2) is 3.05. The van der Waals surface area contributed by atoms with E-state index in [1.165, 1.54) is 7.11 Å². The van der Waals surface area contributed by atoms with Crippen LogP contribution in [0.5, 0.6) is 0 Å². The van der Waals surface area contributed by atoms with E-state index in [9.17, 15) is 0 Å². The van der Waals surface area contributed by atoms with Crippen LogP contribution in [0.15, 0.2) is 0 Å². The van der Waals surface area contributed by atoms with Crippen molar-refractivity contribution in [2.24, 2.45) is 0 Å². The predicted molar refractivity (Wildman–Crippen MR) is 32.5 cm³/mol. The molecule has 0 unspecified atom stereocenters. The van der Waals surface area contributed by atoms with Crippen LogP contribution in [0.4, 0.5) is 0 Å². The first-order valence-electron chi connectivity index (χ1n) is 2.84. The van der Waals surface area contributed by atoms with Gasteiger partial charge in [-0.05, 0) is 20.3 Å². The van der Waals surface area contributed by atoms with Crippen LogP contribution in [-0.4, -0.2) is 12.7 Å². The normalized spacial score (nSPS) is 12.0. The lowest BCUT2D eigenvalue weighted by Gasteiger charge is -2.19. The van der Waals surface area contributed by atoms with Crippen molar-refractivity contribution in [3.8, 4) is 0 Å². The molecule has 2 nitrogen and oxygen atoms in total. The fourth-order valence-corrected chi connectivity index (χ4v) is 0.285. The van der Waals surface area contributed by atoms with Gasteiger partial charge in [-0.3, -0.25) is 0 Å². The standard InChI is InChI=1S/C6H14O2/c1-5-6(2,3)8-7-4/h5H2,1-4H3. The van der Waals surface area contributed by atoms with Gasteiger partial charge in [-0.15, -0.1) is 0 Å². The zero-order chi connectivity index (χ0) is 6.62. The van der Waals surface area contributed by atoms with E-state index in [4.69, 9.17) is 4.89 Å². The van der Waals surface area contributed by atoms with Gasteiger partial charge in [-0.2, -0.15) is 0 Å². The minimum Gasteiger partial charge on any atom is -0.240 e. The topological polar surface area (TPSA) is 18.5 Å². The zero-order valence-electron chi connectivity index (χ0n) is 6.02. The summed E-state index contributed by atoms with van der Waals surface area (Å²) in [5, 5.41) is 0. The van der Waals surface area contributed by atoms with Crippen molar-refractivity contribution in [2.75, 3.05) is 7.11 Å². The van der Waals surface area contributed by atoms with Gasteiger partial charge in [0.25, 0.3) is 0 Å². The molecule has 0 saturated heterocycles. The summed E-state index contributed by atoms with van der Waals surface area (Å²) in [6.45, 7) is 6.02. The van der Waals surface area contributed by atoms with Gasteiger partial charge in [0.2, 0.25) is 0 Å². The Morgan fingerprint density at radius 3 is 2.00 bits per heavy atom. The molecule has 0 aliphatic rings. The second-order valence-corrected chi connectivity index (χ2v) is 2.36. The zero-order valence-corrected chi connectivity index (χ0v) is 6.02. The molecule has 50 valence electrons. The van der Waals surface area contributed by atoms with Gasteiger partial charge in [0.1, 0.15) is 0 Å². The van der Waals surface area contributed by atoms with E-state index in [-0.39, 0.29) is 5.60 Å². The van der Waals surface area contributed by atoms with E-state index in [1.54, 1.807) is 0 Å². The van der Waals surface area contributed by atoms with Crippen LogP contribution in [0, 0.1) is 0 Å². The molecule has 8 heavy (non-hydrogen) atoms. The third kappa shape index (κ3) is 2.99. The van der Waals surface area contributed by atoms with Crippen LogP contribution in [0.25, 0.3) is 0 Å². The fraction of sp³-hybridized carbons (Fsp3) is 1.00. The monoisotopic (exact) mass is 118 g/mol. The number of rotatable bonds is 3. The molecule has 0 heterocycles. The Labute approximate surface area is 50.7 Å². The minimum atomic E-state index is -0.130. The average molecular weight is 118 g/mol. The van der Waals surface area contributed by atoms with E-state index in [2.05, 4.69) is 11.8 Å². The van der Waals surface area contributed by atoms with Gasteiger partial charge in [0, 0.05) is 0 Å². The Kier molecular flexibility index (Phi) is 3.02. The maximum atomic E-state index is 4.88. The van der Waals surface area contributed by atoms with Crippen LogP contribution in [0.3, 0.4) is 0 Å². The maximum absolute atomic E-state index is 4.88. The molecular formula is C6H14O2. The highest BCUT2D eigenvalue weighted by molar-refractivity contribution is 4.61. The summed E-state index contributed by atoms with van der Waals surface area (Å²) in [5.41, 5.74) is -0.130. The predicted octanol–water partition coefficient (Wildman–Crippen LogP) is 1.75. The van der Waals surface area contributed by atoms with Crippen molar-refractivity contribution >= 4 is 0 Å². The summed E-state index contributed by atoms with van der Waals surface area (Å²) in [7, 11) is 1.53. The van der Waals surface area contributed by atoms with Gasteiger partial charge in [0.15, 0.2) is 0 Å². The Balaban J connectivity index is 3.37. The molecule has 0 aromatic rings. The fourth-order valence-electron chi connectivity index (χ4n) is 0.285. The van der Waals surface area contributed by atoms with Crippen LogP contribution < -0.4 is 0 Å². The minimum absolute atomic E-state index is 0.130. The van der Waals surface area contributed by atoms with Gasteiger partial charge in [0.05, 0.1) is 12.7 Å². The molecule has 0 spiro atoms. The summed E-state index contributed by atoms with van der Waals surface area (Å²) < 4.78 is 0. The Morgan fingerprint density at radius 1 is 1.38 bits per heavy atom. The molecular weight excluding hydrogens is 104 g/mol. The molecule has 0 aromatic carbocycles. The highest BCUT2D eigenvalue weighted by atomic mass is 17.2. The third-order valence-corrected chi connectivity index (χ3v) is 1.16. The quantitative estimate of drug-likeness (QED) is 0.415. The van der Waals surface area contributed by atoms with Gasteiger partial charge >= 0.3 is 0 Å². The second-order valence-electron chi connectivity index (χ2n) is 2.36. The van der Waals surface area contributed by atoms with Crippen LogP contribution in [-0.2, 0) is 9.78 Å². The SMILES string of the molecule is CCC(C)(C)OOC. The average Bonchev–Trinajstić information content (AvgIpc) is 1.67. The van der Waals surface area contributed by atoms with E-state index in [0.717, 1.165) is 6.42 Å². The molecule has 0 aliphatic carbocycles. The van der Waals surface area contributed by atoms with Crippen LogP contribution in [0.2, 0.25) is 0 Å². The van der Waals surface area contributed by atoms with Crippen molar-refractivity contribution in [1.82, 2.24) is 0 Å². The van der Waals surface area contributed by atoms with Crippen molar-refractivity contribution in [2.45, 2.75) is 32.8 Å². The molecule has 0 aliphatic heterocycles. The van der Waals surface area contributed by atoms with E-state index < -0.39 is 0 Å². The van der Waals surface area contributed by atoms with Crippen LogP contribution in [0.1, 0.15) is 27.2 Å². The van der Waals surface area contributed by atoms with E-state index in [0.29, 0.717) is 0 Å². The molecule has 0 bridgehead atoms. The lowest BCUT2D eigenvalue weighted by atomic mass is 10.1. The van der Waals surface area contributed by atoms with Crippen molar-refractivity contribution in [3.05, 3.63) is 0 Å². The van der Waals surface area contributed by atoms with Crippen molar-refractivity contribution < 1.29 is 9.78 Å². The number of hydrogen-bond acceptors (Lipinski definition) is 2. The molecule has 0 amide bonds. The first kappa shape index (κ1) is 7.92. The summed E-state index contributed by atoms with van der Waals surface area (Å²) >= 11 is 0. The lowest BCUT2D eigenvalue weighted by Crippen LogP contribution is -2.22. The van der Waals surface area contributed by atoms with Crippen LogP contribution >= 0.6 is 0 Å². The lowest BCUT2D eigenvalue weighted by molar-refractivity contribution is -0.335. The van der Waals surface area contributed by atoms with Gasteiger partial charge < -0.3 is 0 Å². The Morgan fingerprint density at radius 2 is 1.88 bits per heavy atom. The summed E-state index contributed by atoms with van der Waals surface area (Å²) in [5.74, 6) is 0. The molecule has 2 heteroatoms. The van der Waals surface area contributed by atoms with Gasteiger partial charge in [-0.25, -0.2) is 9.78 Å². The van der Waals surface area contributed by atoms with Crippen molar-refractivity contribution in [1.29, 1.82) is 0 Å². The number of hydrogen-bond donors (Lipinski definition) is 0. The molecule has 0 N–H and O–H groups in total. The molecule has 0 aromatic heterocycles. The summed E-state index contributed by atoms with van der Waals surface area (Å²) in [4.78, 5) is 9.38. The van der Waals surface area contributed by atoms with Crippen molar-refractivity contribution in [3.63, 3.8) is 0 Å². The maximum Gasteiger partial charge on any atom is 0.0977 e. The molecule has 0 radical (unpaired) electrons. The Hall–Kier alpha value is -0.0800. The largest absolute Gasteiger partial charge is 0.240 e. The van der Waals surface area contributed by atoms with E-state index >= 15 is 0 Å². The molecule has 0 rings (SSSR count). The Bertz CT molecular complexity index is 59.5. The molecule has 0 fully saturated rings. The molecule has 0 atom stereocenters. The third-order valence-electron chi connectivity index (χ3n) is 1.16.